The Labute approximate surface area is 148 Å². The number of hydrogen-bond acceptors (Lipinski definition) is 6. The SMILES string of the molecule is COc1ncc(-c2ccc(N3CC[C@@H]4CN(C)C[C@@H]43)cc2)c(OC)n1. The molecule has 6 nitrogen and oxygen atoms in total. The van der Waals surface area contributed by atoms with E-state index in [2.05, 4.69) is 51.1 Å². The molecule has 2 aliphatic heterocycles. The molecule has 1 aromatic heterocycles. The molecule has 0 spiro atoms. The standard InChI is InChI=1S/C19H24N4O2/c1-22-11-14-8-9-23(17(14)12-22)15-6-4-13(5-7-15)16-10-20-19(25-3)21-18(16)24-2/h4-7,10,14,17H,8-9,11-12H2,1-3H3/t14-,17+/m1/s1. The van der Waals surface area contributed by atoms with Gasteiger partial charge < -0.3 is 19.3 Å². The van der Waals surface area contributed by atoms with Gasteiger partial charge in [0.05, 0.1) is 19.8 Å². The van der Waals surface area contributed by atoms with Crippen LogP contribution in [0.2, 0.25) is 0 Å². The number of nitrogens with zero attached hydrogens (tertiary/aromatic N) is 4. The summed E-state index contributed by atoms with van der Waals surface area (Å²) in [6.45, 7) is 3.53. The fraction of sp³-hybridized carbons (Fsp3) is 0.474. The molecule has 0 unspecified atom stereocenters. The molecule has 2 aliphatic rings. The molecule has 4 rings (SSSR count). The summed E-state index contributed by atoms with van der Waals surface area (Å²) < 4.78 is 10.5. The van der Waals surface area contributed by atoms with Crippen molar-refractivity contribution in [1.82, 2.24) is 14.9 Å². The Bertz CT molecular complexity index is 750. The van der Waals surface area contributed by atoms with Crippen LogP contribution in [0.25, 0.3) is 11.1 Å². The molecule has 0 bridgehead atoms. The van der Waals surface area contributed by atoms with E-state index in [1.807, 2.05) is 0 Å². The van der Waals surface area contributed by atoms with Gasteiger partial charge in [0.15, 0.2) is 0 Å². The largest absolute Gasteiger partial charge is 0.480 e. The second-order valence-corrected chi connectivity index (χ2v) is 6.86. The molecular formula is C19H24N4O2. The van der Waals surface area contributed by atoms with Crippen LogP contribution in [-0.4, -0.2) is 61.8 Å². The van der Waals surface area contributed by atoms with Gasteiger partial charge in [0.1, 0.15) is 0 Å². The normalized spacial score (nSPS) is 22.9. The fourth-order valence-electron chi connectivity index (χ4n) is 4.13. The Kier molecular flexibility index (Phi) is 4.21. The average Bonchev–Trinajstić information content (AvgIpc) is 3.20. The minimum Gasteiger partial charge on any atom is -0.480 e. The van der Waals surface area contributed by atoms with Gasteiger partial charge in [0, 0.05) is 37.6 Å². The highest BCUT2D eigenvalue weighted by atomic mass is 16.5. The highest BCUT2D eigenvalue weighted by Gasteiger charge is 2.39. The fourth-order valence-corrected chi connectivity index (χ4v) is 4.13. The summed E-state index contributed by atoms with van der Waals surface area (Å²) in [5.41, 5.74) is 3.21. The lowest BCUT2D eigenvalue weighted by Crippen LogP contribution is -2.34. The lowest BCUT2D eigenvalue weighted by molar-refractivity contribution is 0.353. The van der Waals surface area contributed by atoms with Gasteiger partial charge in [-0.15, -0.1) is 0 Å². The molecule has 2 fully saturated rings. The summed E-state index contributed by atoms with van der Waals surface area (Å²) >= 11 is 0. The number of methoxy groups -OCH3 is 2. The van der Waals surface area contributed by atoms with E-state index in [4.69, 9.17) is 9.47 Å². The number of anilines is 1. The summed E-state index contributed by atoms with van der Waals surface area (Å²) in [5, 5.41) is 0. The number of likely N-dealkylation sites (N-methyl/N-ethyl adjacent to an activating group) is 1. The van der Waals surface area contributed by atoms with E-state index in [-0.39, 0.29) is 0 Å². The monoisotopic (exact) mass is 340 g/mol. The van der Waals surface area contributed by atoms with E-state index in [1.165, 1.54) is 18.7 Å². The third-order valence-electron chi connectivity index (χ3n) is 5.35. The van der Waals surface area contributed by atoms with Crippen molar-refractivity contribution in [2.75, 3.05) is 45.8 Å². The molecule has 1 aromatic carbocycles. The van der Waals surface area contributed by atoms with Crippen LogP contribution in [0, 0.1) is 5.92 Å². The van der Waals surface area contributed by atoms with Crippen LogP contribution in [0.15, 0.2) is 30.5 Å². The molecule has 0 aliphatic carbocycles. The third-order valence-corrected chi connectivity index (χ3v) is 5.35. The molecule has 2 atom stereocenters. The van der Waals surface area contributed by atoms with E-state index in [1.54, 1.807) is 20.4 Å². The predicted molar refractivity (Wildman–Crippen MR) is 97.3 cm³/mol. The van der Waals surface area contributed by atoms with E-state index < -0.39 is 0 Å². The van der Waals surface area contributed by atoms with E-state index in [0.29, 0.717) is 17.9 Å². The first-order valence-electron chi connectivity index (χ1n) is 8.70. The van der Waals surface area contributed by atoms with Crippen LogP contribution in [0.3, 0.4) is 0 Å². The Morgan fingerprint density at radius 3 is 2.60 bits per heavy atom. The molecule has 3 heterocycles. The smallest absolute Gasteiger partial charge is 0.319 e. The molecule has 25 heavy (non-hydrogen) atoms. The Hall–Kier alpha value is -2.34. The predicted octanol–water partition coefficient (Wildman–Crippen LogP) is 2.30. The van der Waals surface area contributed by atoms with Crippen molar-refractivity contribution < 1.29 is 9.47 Å². The summed E-state index contributed by atoms with van der Waals surface area (Å²) in [7, 11) is 5.38. The van der Waals surface area contributed by atoms with Gasteiger partial charge in [-0.2, -0.15) is 4.98 Å². The molecular weight excluding hydrogens is 316 g/mol. The molecule has 132 valence electrons. The van der Waals surface area contributed by atoms with Crippen molar-refractivity contribution in [2.45, 2.75) is 12.5 Å². The topological polar surface area (TPSA) is 50.7 Å². The first kappa shape index (κ1) is 16.1. The van der Waals surface area contributed by atoms with Gasteiger partial charge in [-0.3, -0.25) is 0 Å². The van der Waals surface area contributed by atoms with Crippen molar-refractivity contribution >= 4 is 5.69 Å². The van der Waals surface area contributed by atoms with Crippen LogP contribution in [0.4, 0.5) is 5.69 Å². The lowest BCUT2D eigenvalue weighted by atomic mass is 10.0. The molecule has 0 saturated carbocycles. The van der Waals surface area contributed by atoms with Crippen LogP contribution < -0.4 is 14.4 Å². The number of aromatic nitrogens is 2. The zero-order chi connectivity index (χ0) is 17.4. The van der Waals surface area contributed by atoms with Gasteiger partial charge in [0.25, 0.3) is 0 Å². The van der Waals surface area contributed by atoms with Crippen LogP contribution in [0.5, 0.6) is 11.9 Å². The summed E-state index contributed by atoms with van der Waals surface area (Å²) in [6, 6.07) is 9.59. The Balaban J connectivity index is 1.59. The van der Waals surface area contributed by atoms with E-state index in [0.717, 1.165) is 30.1 Å². The summed E-state index contributed by atoms with van der Waals surface area (Å²) in [5.74, 6) is 1.33. The molecule has 6 heteroatoms. The summed E-state index contributed by atoms with van der Waals surface area (Å²) in [6.07, 6.45) is 3.04. The quantitative estimate of drug-likeness (QED) is 0.851. The highest BCUT2D eigenvalue weighted by molar-refractivity contribution is 5.70. The maximum absolute atomic E-state index is 5.39. The lowest BCUT2D eigenvalue weighted by Gasteiger charge is -2.26. The van der Waals surface area contributed by atoms with Gasteiger partial charge in [-0.05, 0) is 37.1 Å². The van der Waals surface area contributed by atoms with Crippen molar-refractivity contribution in [3.05, 3.63) is 30.5 Å². The van der Waals surface area contributed by atoms with E-state index >= 15 is 0 Å². The zero-order valence-electron chi connectivity index (χ0n) is 15.0. The number of benzene rings is 1. The molecule has 0 N–H and O–H groups in total. The van der Waals surface area contributed by atoms with Crippen LogP contribution in [-0.2, 0) is 0 Å². The van der Waals surface area contributed by atoms with Gasteiger partial charge >= 0.3 is 6.01 Å². The van der Waals surface area contributed by atoms with Crippen LogP contribution >= 0.6 is 0 Å². The minimum atomic E-state index is 0.311. The van der Waals surface area contributed by atoms with E-state index in [9.17, 15) is 0 Å². The first-order chi connectivity index (χ1) is 12.2. The van der Waals surface area contributed by atoms with Crippen molar-refractivity contribution in [3.8, 4) is 23.0 Å². The van der Waals surface area contributed by atoms with Crippen LogP contribution in [0.1, 0.15) is 6.42 Å². The number of fused-ring (bicyclic) bond motifs is 1. The van der Waals surface area contributed by atoms with Crippen molar-refractivity contribution in [1.29, 1.82) is 0 Å². The van der Waals surface area contributed by atoms with Crippen molar-refractivity contribution in [3.63, 3.8) is 0 Å². The van der Waals surface area contributed by atoms with Gasteiger partial charge in [-0.25, -0.2) is 4.98 Å². The molecule has 0 amide bonds. The maximum atomic E-state index is 5.39. The third kappa shape index (κ3) is 2.91. The Morgan fingerprint density at radius 2 is 1.88 bits per heavy atom. The number of rotatable bonds is 4. The molecule has 2 aromatic rings. The summed E-state index contributed by atoms with van der Waals surface area (Å²) in [4.78, 5) is 13.5. The molecule has 2 saturated heterocycles. The maximum Gasteiger partial charge on any atom is 0.319 e. The van der Waals surface area contributed by atoms with Gasteiger partial charge in [0.2, 0.25) is 5.88 Å². The first-order valence-corrected chi connectivity index (χ1v) is 8.70. The molecule has 0 radical (unpaired) electrons. The second kappa shape index (κ2) is 6.52. The van der Waals surface area contributed by atoms with Gasteiger partial charge in [-0.1, -0.05) is 12.1 Å². The Morgan fingerprint density at radius 1 is 1.08 bits per heavy atom. The second-order valence-electron chi connectivity index (χ2n) is 6.86. The van der Waals surface area contributed by atoms with Crippen molar-refractivity contribution in [2.24, 2.45) is 5.92 Å². The number of likely N-dealkylation sites (tertiary alicyclic amines) is 1. The zero-order valence-corrected chi connectivity index (χ0v) is 15.0. The highest BCUT2D eigenvalue weighted by Crippen LogP contribution is 2.36. The minimum absolute atomic E-state index is 0.311. The average molecular weight is 340 g/mol. The number of ether oxygens (including phenoxy) is 2. The number of hydrogen-bond donors (Lipinski definition) is 0.